The molecule has 2 rings (SSSR count). The molecular weight excluding hydrogens is 608 g/mol. The molecule has 1 heterocycles. The first kappa shape index (κ1) is 38.7. The molecule has 1 aromatic carbocycles. The van der Waals surface area contributed by atoms with E-state index in [9.17, 15) is 28.8 Å². The van der Waals surface area contributed by atoms with Crippen molar-refractivity contribution in [2.75, 3.05) is 6.54 Å². The van der Waals surface area contributed by atoms with Crippen LogP contribution in [-0.4, -0.2) is 65.2 Å². The zero-order valence-corrected chi connectivity index (χ0v) is 28.6. The molecule has 0 spiro atoms. The quantitative estimate of drug-likeness (QED) is 0.114. The number of rotatable bonds is 15. The van der Waals surface area contributed by atoms with Gasteiger partial charge in [-0.3, -0.25) is 14.4 Å². The predicted octanol–water partition coefficient (Wildman–Crippen LogP) is 5.31. The average Bonchev–Trinajstić information content (AvgIpc) is 3.29. The van der Waals surface area contributed by atoms with Crippen LogP contribution in [0.5, 0.6) is 0 Å². The number of hydroxylamine groups is 2. The highest BCUT2D eigenvalue weighted by Gasteiger charge is 2.37. The Bertz CT molecular complexity index is 1310. The number of nitrogens with one attached hydrogen (secondary N) is 1. The van der Waals surface area contributed by atoms with Crippen molar-refractivity contribution < 1.29 is 47.8 Å². The van der Waals surface area contributed by atoms with Crippen molar-refractivity contribution in [2.24, 2.45) is 17.3 Å². The molecule has 0 saturated carbocycles. The number of hydrogen-bond acceptors (Lipinski definition) is 10. The monoisotopic (exact) mass is 656 g/mol. The summed E-state index contributed by atoms with van der Waals surface area (Å²) in [5.74, 6) is -4.00. The van der Waals surface area contributed by atoms with Gasteiger partial charge in [0, 0.05) is 37.8 Å². The number of alkyl carbamates (subject to hydrolysis) is 1. The summed E-state index contributed by atoms with van der Waals surface area (Å²) in [6, 6.07) is 9.50. The van der Waals surface area contributed by atoms with Crippen LogP contribution >= 0.6 is 0 Å². The lowest BCUT2D eigenvalue weighted by Crippen LogP contribution is -2.44. The summed E-state index contributed by atoms with van der Waals surface area (Å²) in [6.07, 6.45) is 3.68. The second kappa shape index (κ2) is 17.4. The second-order valence-electron chi connectivity index (χ2n) is 13.5. The van der Waals surface area contributed by atoms with E-state index in [0.717, 1.165) is 11.6 Å². The van der Waals surface area contributed by atoms with E-state index >= 15 is 0 Å². The fourth-order valence-corrected chi connectivity index (χ4v) is 4.21. The lowest BCUT2D eigenvalue weighted by Gasteiger charge is -2.29. The maximum Gasteiger partial charge on any atom is 0.407 e. The van der Waals surface area contributed by atoms with Gasteiger partial charge in [0.05, 0.1) is 5.41 Å². The molecule has 1 aromatic rings. The maximum atomic E-state index is 13.5. The van der Waals surface area contributed by atoms with Crippen molar-refractivity contribution >= 4 is 41.9 Å². The molecule has 0 bridgehead atoms. The van der Waals surface area contributed by atoms with Crippen LogP contribution in [-0.2, 0) is 43.0 Å². The van der Waals surface area contributed by atoms with Crippen LogP contribution in [0.1, 0.15) is 86.6 Å². The summed E-state index contributed by atoms with van der Waals surface area (Å²) in [7, 11) is 0. The van der Waals surface area contributed by atoms with Crippen LogP contribution in [0.4, 0.5) is 4.79 Å². The van der Waals surface area contributed by atoms with Gasteiger partial charge in [0.15, 0.2) is 6.10 Å². The lowest BCUT2D eigenvalue weighted by atomic mass is 9.93. The number of ether oxygens (including phenoxy) is 3. The van der Waals surface area contributed by atoms with Crippen molar-refractivity contribution in [1.82, 2.24) is 10.4 Å². The number of esters is 2. The summed E-state index contributed by atoms with van der Waals surface area (Å²) in [6.45, 7) is 13.8. The molecule has 1 N–H and O–H groups in total. The fraction of sp³-hybridized carbons (Fsp3) is 0.543. The van der Waals surface area contributed by atoms with E-state index in [1.54, 1.807) is 34.6 Å². The third-order valence-corrected chi connectivity index (χ3v) is 6.88. The molecule has 1 saturated heterocycles. The molecule has 1 fully saturated rings. The third-order valence-electron chi connectivity index (χ3n) is 6.88. The van der Waals surface area contributed by atoms with Gasteiger partial charge >= 0.3 is 24.0 Å². The van der Waals surface area contributed by atoms with E-state index in [1.165, 1.54) is 6.08 Å². The summed E-state index contributed by atoms with van der Waals surface area (Å²) in [4.78, 5) is 79.7. The molecule has 3 amide bonds. The predicted molar refractivity (Wildman–Crippen MR) is 173 cm³/mol. The van der Waals surface area contributed by atoms with E-state index in [4.69, 9.17) is 19.0 Å². The largest absolute Gasteiger partial charge is 0.459 e. The zero-order chi connectivity index (χ0) is 35.4. The minimum absolute atomic E-state index is 0.0291. The molecule has 12 nitrogen and oxygen atoms in total. The Morgan fingerprint density at radius 1 is 0.936 bits per heavy atom. The summed E-state index contributed by atoms with van der Waals surface area (Å²) in [5, 5.41) is 3.02. The molecule has 0 unspecified atom stereocenters. The molecule has 0 radical (unpaired) electrons. The van der Waals surface area contributed by atoms with E-state index in [0.29, 0.717) is 5.06 Å². The van der Waals surface area contributed by atoms with Crippen LogP contribution in [0, 0.1) is 17.3 Å². The number of benzene rings is 1. The molecular formula is C35H48N2O10. The molecule has 1 aliphatic heterocycles. The van der Waals surface area contributed by atoms with Gasteiger partial charge in [-0.15, -0.1) is 5.06 Å². The van der Waals surface area contributed by atoms with Gasteiger partial charge in [-0.1, -0.05) is 69.3 Å². The first-order valence-electron chi connectivity index (χ1n) is 15.7. The van der Waals surface area contributed by atoms with E-state index in [2.05, 4.69) is 5.32 Å². The average molecular weight is 657 g/mol. The molecule has 1 aliphatic rings. The van der Waals surface area contributed by atoms with Gasteiger partial charge in [-0.25, -0.2) is 14.4 Å². The maximum absolute atomic E-state index is 13.5. The number of hydrogen-bond donors (Lipinski definition) is 1. The number of carbonyl (C=O) groups is 6. The second-order valence-corrected chi connectivity index (χ2v) is 13.5. The number of amides is 3. The van der Waals surface area contributed by atoms with Crippen LogP contribution in [0.15, 0.2) is 48.6 Å². The van der Waals surface area contributed by atoms with Gasteiger partial charge in [-0.2, -0.15) is 0 Å². The highest BCUT2D eigenvalue weighted by atomic mass is 16.7. The molecule has 258 valence electrons. The highest BCUT2D eigenvalue weighted by Crippen LogP contribution is 2.23. The third kappa shape index (κ3) is 13.8. The topological polar surface area (TPSA) is 155 Å². The van der Waals surface area contributed by atoms with Crippen molar-refractivity contribution in [3.8, 4) is 0 Å². The van der Waals surface area contributed by atoms with Gasteiger partial charge in [-0.05, 0) is 52.5 Å². The Morgan fingerprint density at radius 2 is 1.55 bits per heavy atom. The van der Waals surface area contributed by atoms with E-state index < -0.39 is 59.0 Å². The first-order valence-corrected chi connectivity index (χ1v) is 15.7. The SMILES string of the molecule is CC(C)C[C@H](OC(=O)C(C)(C)CNC(=O)OC(C)(C)C)C(=O)O[C@@H](C/C=C/C(=O)ON1C(=O)CCC1=O)[C@H](C)/C=C/c1ccccc1. The molecule has 0 aliphatic carbocycles. The highest BCUT2D eigenvalue weighted by molar-refractivity contribution is 6.02. The summed E-state index contributed by atoms with van der Waals surface area (Å²) < 4.78 is 16.8. The molecule has 3 atom stereocenters. The fourth-order valence-electron chi connectivity index (χ4n) is 4.21. The minimum atomic E-state index is -1.24. The van der Waals surface area contributed by atoms with Gasteiger partial charge in [0.25, 0.3) is 11.8 Å². The standard InChI is InChI=1S/C35H48N2O10/c1-23(2)21-27(45-32(42)35(7,8)22-36-33(43)46-34(4,5)6)31(41)44-26(24(3)17-18-25-13-10-9-11-14-25)15-12-16-30(40)47-37-28(38)19-20-29(37)39/h9-14,16-18,23-24,26-27H,15,19-22H2,1-8H3,(H,36,43)/b16-12+,18-17+/t24-,26+,27+/m1/s1. The van der Waals surface area contributed by atoms with Crippen LogP contribution < -0.4 is 5.32 Å². The number of carbonyl (C=O) groups excluding carboxylic acids is 6. The van der Waals surface area contributed by atoms with Crippen molar-refractivity contribution in [2.45, 2.75) is 98.9 Å². The Labute approximate surface area is 276 Å². The van der Waals surface area contributed by atoms with Gasteiger partial charge in [0.2, 0.25) is 0 Å². The lowest BCUT2D eigenvalue weighted by molar-refractivity contribution is -0.193. The van der Waals surface area contributed by atoms with Crippen molar-refractivity contribution in [1.29, 1.82) is 0 Å². The van der Waals surface area contributed by atoms with Gasteiger partial charge in [0.1, 0.15) is 11.7 Å². The minimum Gasteiger partial charge on any atom is -0.459 e. The zero-order valence-electron chi connectivity index (χ0n) is 28.6. The number of imide groups is 1. The van der Waals surface area contributed by atoms with E-state index in [1.807, 2.05) is 63.3 Å². The van der Waals surface area contributed by atoms with Gasteiger partial charge < -0.3 is 24.4 Å². The molecule has 0 aromatic heterocycles. The summed E-state index contributed by atoms with van der Waals surface area (Å²) in [5.41, 5.74) is -0.984. The number of nitrogens with zero attached hydrogens (tertiary/aromatic N) is 1. The normalized spacial score (nSPS) is 15.9. The van der Waals surface area contributed by atoms with Crippen LogP contribution in [0.3, 0.4) is 0 Å². The molecule has 12 heteroatoms. The van der Waals surface area contributed by atoms with Crippen molar-refractivity contribution in [3.63, 3.8) is 0 Å². The first-order chi connectivity index (χ1) is 21.9. The van der Waals surface area contributed by atoms with Crippen LogP contribution in [0.2, 0.25) is 0 Å². The summed E-state index contributed by atoms with van der Waals surface area (Å²) >= 11 is 0. The molecule has 47 heavy (non-hydrogen) atoms. The Hall–Kier alpha value is -4.48. The Morgan fingerprint density at radius 3 is 2.13 bits per heavy atom. The smallest absolute Gasteiger partial charge is 0.407 e. The van der Waals surface area contributed by atoms with E-state index in [-0.39, 0.29) is 44.1 Å². The van der Waals surface area contributed by atoms with Crippen LogP contribution in [0.25, 0.3) is 6.08 Å². The Balaban J connectivity index is 2.18. The van der Waals surface area contributed by atoms with Crippen molar-refractivity contribution in [3.05, 3.63) is 54.1 Å². The Kier molecular flexibility index (Phi) is 14.4.